The van der Waals surface area contributed by atoms with Crippen LogP contribution in [0.3, 0.4) is 0 Å². The van der Waals surface area contributed by atoms with Crippen LogP contribution in [0, 0.1) is 11.6 Å². The second-order valence-corrected chi connectivity index (χ2v) is 10.7. The molecule has 3 rings (SSSR count). The number of dihydropyridines is 1. The van der Waals surface area contributed by atoms with Gasteiger partial charge in [0.05, 0.1) is 22.3 Å². The number of rotatable bonds is 7. The Bertz CT molecular complexity index is 1250. The monoisotopic (exact) mass is 523 g/mol. The molecule has 1 N–H and O–H groups in total. The summed E-state index contributed by atoms with van der Waals surface area (Å²) in [4.78, 5) is 8.74. The van der Waals surface area contributed by atoms with E-state index < -0.39 is 25.4 Å². The van der Waals surface area contributed by atoms with Crippen LogP contribution in [0.25, 0.3) is 0 Å². The smallest absolute Gasteiger partial charge is 0.151 e. The van der Waals surface area contributed by atoms with Crippen molar-refractivity contribution < 1.29 is 13.2 Å². The average molecular weight is 524 g/mol. The van der Waals surface area contributed by atoms with Crippen LogP contribution in [0.5, 0.6) is 0 Å². The van der Waals surface area contributed by atoms with Gasteiger partial charge in [0, 0.05) is 34.7 Å². The Morgan fingerprint density at radius 1 is 1.18 bits per heavy atom. The van der Waals surface area contributed by atoms with Crippen LogP contribution in [0.1, 0.15) is 18.1 Å². The maximum absolute atomic E-state index is 15.1. The zero-order valence-corrected chi connectivity index (χ0v) is 21.3. The van der Waals surface area contributed by atoms with E-state index in [0.717, 1.165) is 0 Å². The minimum Gasteiger partial charge on any atom is -0.381 e. The summed E-state index contributed by atoms with van der Waals surface area (Å²) in [6, 6.07) is 9.24. The van der Waals surface area contributed by atoms with E-state index >= 15 is 4.39 Å². The molecule has 2 aromatic rings. The van der Waals surface area contributed by atoms with Gasteiger partial charge < -0.3 is 5.32 Å². The first kappa shape index (κ1) is 26.2. The lowest BCUT2D eigenvalue weighted by Crippen LogP contribution is -2.23. The molecular weight excluding hydrogens is 501 g/mol. The summed E-state index contributed by atoms with van der Waals surface area (Å²) >= 11 is 12.1. The van der Waals surface area contributed by atoms with E-state index in [-0.39, 0.29) is 40.1 Å². The largest absolute Gasteiger partial charge is 0.381 e. The molecule has 0 saturated carbocycles. The Morgan fingerprint density at radius 3 is 2.53 bits per heavy atom. The highest BCUT2D eigenvalue weighted by atomic mass is 35.5. The Labute approximate surface area is 208 Å². The number of aliphatic imine (C=N–C) groups is 2. The fourth-order valence-corrected chi connectivity index (χ4v) is 4.57. The van der Waals surface area contributed by atoms with Crippen LogP contribution in [0.2, 0.25) is 5.02 Å². The number of hydrogen-bond acceptors (Lipinski definition) is 3. The molecule has 9 heteroatoms. The second-order valence-electron chi connectivity index (χ2n) is 7.77. The van der Waals surface area contributed by atoms with E-state index in [1.54, 1.807) is 31.2 Å². The SMILES string of the molecule is C=C(C)/N=C1/C=C(F)C(c2ccc(P(C)C)c(F)c2)=N/C1=C(/CCl)NCc1cccc(Cl)c1F. The van der Waals surface area contributed by atoms with E-state index in [4.69, 9.17) is 23.2 Å². The van der Waals surface area contributed by atoms with E-state index in [1.165, 1.54) is 18.2 Å². The summed E-state index contributed by atoms with van der Waals surface area (Å²) in [7, 11) is -0.657. The van der Waals surface area contributed by atoms with Crippen molar-refractivity contribution in [2.75, 3.05) is 19.2 Å². The van der Waals surface area contributed by atoms with E-state index in [0.29, 0.717) is 22.3 Å². The van der Waals surface area contributed by atoms with Gasteiger partial charge in [0.25, 0.3) is 0 Å². The van der Waals surface area contributed by atoms with Crippen LogP contribution in [-0.2, 0) is 6.54 Å². The highest BCUT2D eigenvalue weighted by molar-refractivity contribution is 7.64. The molecule has 0 saturated heterocycles. The van der Waals surface area contributed by atoms with Gasteiger partial charge in [-0.1, -0.05) is 50.4 Å². The van der Waals surface area contributed by atoms with Gasteiger partial charge in [-0.25, -0.2) is 18.2 Å². The summed E-state index contributed by atoms with van der Waals surface area (Å²) < 4.78 is 44.0. The van der Waals surface area contributed by atoms with Crippen LogP contribution in [0.4, 0.5) is 13.2 Å². The average Bonchev–Trinajstić information content (AvgIpc) is 2.77. The molecule has 0 aromatic heterocycles. The van der Waals surface area contributed by atoms with Gasteiger partial charge in [0.15, 0.2) is 5.83 Å². The van der Waals surface area contributed by atoms with Crippen molar-refractivity contribution in [2.45, 2.75) is 13.5 Å². The van der Waals surface area contributed by atoms with Gasteiger partial charge in [-0.05, 0) is 32.4 Å². The molecule has 1 aliphatic rings. The number of nitrogens with one attached hydrogen (secondary N) is 1. The summed E-state index contributed by atoms with van der Waals surface area (Å²) in [6.07, 6.45) is 1.21. The third-order valence-electron chi connectivity index (χ3n) is 4.91. The Balaban J connectivity index is 2.08. The maximum atomic E-state index is 15.1. The number of benzene rings is 2. The van der Waals surface area contributed by atoms with Crippen molar-refractivity contribution in [1.82, 2.24) is 5.32 Å². The van der Waals surface area contributed by atoms with Gasteiger partial charge in [-0.2, -0.15) is 0 Å². The molecule has 34 heavy (non-hydrogen) atoms. The van der Waals surface area contributed by atoms with Crippen LogP contribution in [0.15, 0.2) is 82.0 Å². The van der Waals surface area contributed by atoms with E-state index in [1.807, 2.05) is 13.3 Å². The minimum atomic E-state index is -0.666. The molecular formula is C25H23Cl2F3N3P. The van der Waals surface area contributed by atoms with Gasteiger partial charge in [-0.3, -0.25) is 4.99 Å². The lowest BCUT2D eigenvalue weighted by molar-refractivity contribution is 0.601. The fourth-order valence-electron chi connectivity index (χ4n) is 3.29. The standard InChI is InChI=1S/C25H23Cl2F3N3P/c1-14(2)32-20-11-19(29)24(15-8-9-22(34(3)4)18(28)10-15)33-25(20)21(12-26)31-13-16-6-5-7-17(27)23(16)30/h5-11,31H,1,12-13H2,2-4H3/b25-21-,32-20-. The number of halogens is 5. The lowest BCUT2D eigenvalue weighted by Gasteiger charge is -2.19. The topological polar surface area (TPSA) is 36.8 Å². The predicted octanol–water partition coefficient (Wildman–Crippen LogP) is 6.86. The van der Waals surface area contributed by atoms with Crippen molar-refractivity contribution in [3.8, 4) is 0 Å². The molecule has 0 bridgehead atoms. The molecule has 0 aliphatic carbocycles. The molecule has 0 fully saturated rings. The van der Waals surface area contributed by atoms with E-state index in [2.05, 4.69) is 21.9 Å². The molecule has 3 nitrogen and oxygen atoms in total. The fraction of sp³-hybridized carbons (Fsp3) is 0.200. The minimum absolute atomic E-state index is 0.000174. The molecule has 1 heterocycles. The van der Waals surface area contributed by atoms with Crippen molar-refractivity contribution >= 4 is 47.9 Å². The first-order valence-corrected chi connectivity index (χ1v) is 13.4. The zero-order valence-electron chi connectivity index (χ0n) is 18.9. The number of allylic oxidation sites excluding steroid dienone is 4. The number of nitrogens with zero attached hydrogens (tertiary/aromatic N) is 2. The Morgan fingerprint density at radius 2 is 1.91 bits per heavy atom. The predicted molar refractivity (Wildman–Crippen MR) is 139 cm³/mol. The molecule has 1 aliphatic heterocycles. The van der Waals surface area contributed by atoms with Crippen molar-refractivity contribution in [3.63, 3.8) is 0 Å². The normalized spacial score (nSPS) is 16.4. The van der Waals surface area contributed by atoms with Crippen molar-refractivity contribution in [1.29, 1.82) is 0 Å². The van der Waals surface area contributed by atoms with Crippen molar-refractivity contribution in [2.24, 2.45) is 9.98 Å². The third kappa shape index (κ3) is 5.99. The first-order chi connectivity index (χ1) is 16.1. The molecule has 0 radical (unpaired) electrons. The molecule has 0 spiro atoms. The summed E-state index contributed by atoms with van der Waals surface area (Å²) in [5.74, 6) is -1.67. The second kappa shape index (κ2) is 11.4. The molecule has 0 atom stereocenters. The summed E-state index contributed by atoms with van der Waals surface area (Å²) in [5.41, 5.74) is 1.85. The Hall–Kier alpha value is -2.40. The summed E-state index contributed by atoms with van der Waals surface area (Å²) in [6.45, 7) is 9.35. The highest BCUT2D eigenvalue weighted by Gasteiger charge is 2.24. The molecule has 0 unspecified atom stereocenters. The quantitative estimate of drug-likeness (QED) is 0.312. The third-order valence-corrected chi connectivity index (χ3v) is 6.80. The van der Waals surface area contributed by atoms with Gasteiger partial charge in [0.1, 0.15) is 23.0 Å². The van der Waals surface area contributed by atoms with Crippen LogP contribution in [-0.4, -0.2) is 30.6 Å². The van der Waals surface area contributed by atoms with Crippen LogP contribution >= 0.6 is 31.1 Å². The highest BCUT2D eigenvalue weighted by Crippen LogP contribution is 2.28. The van der Waals surface area contributed by atoms with Crippen molar-refractivity contribution in [3.05, 3.63) is 99.8 Å². The number of hydrogen-bond donors (Lipinski definition) is 1. The summed E-state index contributed by atoms with van der Waals surface area (Å²) in [5, 5.41) is 3.65. The van der Waals surface area contributed by atoms with Gasteiger partial charge in [0.2, 0.25) is 0 Å². The van der Waals surface area contributed by atoms with Gasteiger partial charge in [-0.15, -0.1) is 11.6 Å². The van der Waals surface area contributed by atoms with Gasteiger partial charge >= 0.3 is 0 Å². The van der Waals surface area contributed by atoms with Crippen LogP contribution < -0.4 is 10.6 Å². The first-order valence-electron chi connectivity index (χ1n) is 10.3. The Kier molecular flexibility index (Phi) is 8.75. The molecule has 0 amide bonds. The molecule has 2 aromatic carbocycles. The lowest BCUT2D eigenvalue weighted by atomic mass is 10.0. The molecule has 178 valence electrons. The number of alkyl halides is 1. The van der Waals surface area contributed by atoms with E-state index in [9.17, 15) is 8.78 Å². The maximum Gasteiger partial charge on any atom is 0.151 e. The zero-order chi connectivity index (χ0) is 25.0.